The Balaban J connectivity index is 1.50. The topological polar surface area (TPSA) is 51.1 Å². The highest BCUT2D eigenvalue weighted by Gasteiger charge is 2.16. The van der Waals surface area contributed by atoms with Crippen LogP contribution in [-0.2, 0) is 11.3 Å². The van der Waals surface area contributed by atoms with E-state index in [0.717, 1.165) is 50.6 Å². The fourth-order valence-corrected chi connectivity index (χ4v) is 3.18. The van der Waals surface area contributed by atoms with Gasteiger partial charge in [0, 0.05) is 31.7 Å². The van der Waals surface area contributed by atoms with Crippen LogP contribution in [0.5, 0.6) is 0 Å². The van der Waals surface area contributed by atoms with Crippen molar-refractivity contribution in [1.29, 1.82) is 0 Å². The molecule has 0 radical (unpaired) electrons. The molecule has 2 N–H and O–H groups in total. The Kier molecular flexibility index (Phi) is 5.08. The number of aryl methyl sites for hydroxylation is 1. The van der Waals surface area contributed by atoms with Gasteiger partial charge >= 0.3 is 0 Å². The minimum Gasteiger partial charge on any atom is -0.379 e. The van der Waals surface area contributed by atoms with Crippen molar-refractivity contribution in [3.05, 3.63) is 30.1 Å². The molecule has 1 saturated heterocycles. The minimum atomic E-state index is 0.479. The fraction of sp³-hybridized carbons (Fsp3) is 0.588. The summed E-state index contributed by atoms with van der Waals surface area (Å²) in [4.78, 5) is 4.61. The lowest BCUT2D eigenvalue weighted by atomic mass is 10.1. The number of aromatic nitrogens is 2. The maximum atomic E-state index is 5.51. The largest absolute Gasteiger partial charge is 0.379 e. The molecule has 0 amide bonds. The van der Waals surface area contributed by atoms with E-state index in [1.807, 2.05) is 6.07 Å². The molecule has 2 atom stereocenters. The van der Waals surface area contributed by atoms with Gasteiger partial charge in [-0.25, -0.2) is 4.98 Å². The van der Waals surface area contributed by atoms with Crippen molar-refractivity contribution in [3.8, 4) is 0 Å². The lowest BCUT2D eigenvalue weighted by Gasteiger charge is -2.26. The molecule has 1 aromatic carbocycles. The van der Waals surface area contributed by atoms with Crippen LogP contribution in [0.2, 0.25) is 0 Å². The number of para-hydroxylation sites is 2. The molecule has 2 aromatic rings. The molecule has 0 spiro atoms. The van der Waals surface area contributed by atoms with Crippen molar-refractivity contribution in [3.63, 3.8) is 0 Å². The Morgan fingerprint density at radius 3 is 3.14 bits per heavy atom. The number of ether oxygens (including phenoxy) is 1. The van der Waals surface area contributed by atoms with E-state index in [2.05, 4.69) is 52.2 Å². The number of nitrogens with one attached hydrogen (secondary N) is 2. The van der Waals surface area contributed by atoms with Gasteiger partial charge in [-0.15, -0.1) is 0 Å². The van der Waals surface area contributed by atoms with Gasteiger partial charge in [0.05, 0.1) is 24.2 Å². The smallest absolute Gasteiger partial charge is 0.106 e. The molecule has 1 aromatic heterocycles. The highest BCUT2D eigenvalue weighted by Crippen LogP contribution is 2.14. The van der Waals surface area contributed by atoms with Crippen molar-refractivity contribution in [2.45, 2.75) is 38.9 Å². The molecule has 5 nitrogen and oxygen atoms in total. The van der Waals surface area contributed by atoms with E-state index >= 15 is 0 Å². The average molecular weight is 302 g/mol. The van der Waals surface area contributed by atoms with Gasteiger partial charge in [-0.3, -0.25) is 0 Å². The zero-order chi connectivity index (χ0) is 15.4. The number of nitrogens with zero attached hydrogens (tertiary/aromatic N) is 2. The monoisotopic (exact) mass is 302 g/mol. The first-order chi connectivity index (χ1) is 10.7. The van der Waals surface area contributed by atoms with Crippen LogP contribution in [0.1, 0.15) is 19.2 Å². The normalized spacial score (nSPS) is 20.4. The van der Waals surface area contributed by atoms with E-state index in [1.165, 1.54) is 5.52 Å². The Morgan fingerprint density at radius 2 is 2.32 bits per heavy atom. The summed E-state index contributed by atoms with van der Waals surface area (Å²) in [6, 6.07) is 9.29. The summed E-state index contributed by atoms with van der Waals surface area (Å²) in [6.45, 7) is 8.86. The Hall–Kier alpha value is -1.43. The fourth-order valence-electron chi connectivity index (χ4n) is 3.18. The maximum Gasteiger partial charge on any atom is 0.106 e. The molecular weight excluding hydrogens is 276 g/mol. The van der Waals surface area contributed by atoms with Gasteiger partial charge in [0.15, 0.2) is 0 Å². The Labute approximate surface area is 132 Å². The highest BCUT2D eigenvalue weighted by molar-refractivity contribution is 5.75. The number of rotatable bonds is 6. The second kappa shape index (κ2) is 7.22. The van der Waals surface area contributed by atoms with Crippen LogP contribution < -0.4 is 10.6 Å². The van der Waals surface area contributed by atoms with Gasteiger partial charge < -0.3 is 19.9 Å². The van der Waals surface area contributed by atoms with Gasteiger partial charge in [0.2, 0.25) is 0 Å². The van der Waals surface area contributed by atoms with E-state index < -0.39 is 0 Å². The number of hydrogen-bond acceptors (Lipinski definition) is 4. The molecule has 0 saturated carbocycles. The highest BCUT2D eigenvalue weighted by atomic mass is 16.5. The molecule has 22 heavy (non-hydrogen) atoms. The lowest BCUT2D eigenvalue weighted by Crippen LogP contribution is -2.45. The number of morpholine rings is 1. The van der Waals surface area contributed by atoms with Crippen LogP contribution in [-0.4, -0.2) is 47.9 Å². The van der Waals surface area contributed by atoms with Crippen molar-refractivity contribution in [2.24, 2.45) is 0 Å². The SMILES string of the molecule is Cc1nc2ccccc2n1CCNC(C)CC1COCCN1. The van der Waals surface area contributed by atoms with Crippen molar-refractivity contribution < 1.29 is 4.74 Å². The molecule has 120 valence electrons. The van der Waals surface area contributed by atoms with Crippen molar-refractivity contribution >= 4 is 11.0 Å². The third-order valence-corrected chi connectivity index (χ3v) is 4.31. The Bertz CT molecular complexity index is 604. The summed E-state index contributed by atoms with van der Waals surface area (Å²) in [5.74, 6) is 1.08. The summed E-state index contributed by atoms with van der Waals surface area (Å²) < 4.78 is 7.80. The molecule has 5 heteroatoms. The van der Waals surface area contributed by atoms with Crippen LogP contribution in [0, 0.1) is 6.92 Å². The van der Waals surface area contributed by atoms with Crippen LogP contribution in [0.3, 0.4) is 0 Å². The van der Waals surface area contributed by atoms with Gasteiger partial charge in [0.25, 0.3) is 0 Å². The number of imidazole rings is 1. The first-order valence-electron chi connectivity index (χ1n) is 8.20. The average Bonchev–Trinajstić information content (AvgIpc) is 2.84. The van der Waals surface area contributed by atoms with E-state index in [0.29, 0.717) is 12.1 Å². The molecule has 3 rings (SSSR count). The van der Waals surface area contributed by atoms with E-state index in [-0.39, 0.29) is 0 Å². The van der Waals surface area contributed by atoms with Gasteiger partial charge in [-0.2, -0.15) is 0 Å². The number of fused-ring (bicyclic) bond motifs is 1. The summed E-state index contributed by atoms with van der Waals surface area (Å²) in [5, 5.41) is 7.12. The molecule has 1 fully saturated rings. The van der Waals surface area contributed by atoms with E-state index in [1.54, 1.807) is 0 Å². The van der Waals surface area contributed by atoms with Crippen LogP contribution in [0.4, 0.5) is 0 Å². The molecule has 0 bridgehead atoms. The predicted molar refractivity (Wildman–Crippen MR) is 89.2 cm³/mol. The van der Waals surface area contributed by atoms with Crippen LogP contribution in [0.15, 0.2) is 24.3 Å². The zero-order valence-corrected chi connectivity index (χ0v) is 13.5. The third-order valence-electron chi connectivity index (χ3n) is 4.31. The minimum absolute atomic E-state index is 0.479. The summed E-state index contributed by atoms with van der Waals surface area (Å²) in [6.07, 6.45) is 1.10. The zero-order valence-electron chi connectivity index (χ0n) is 13.5. The standard InChI is InChI=1S/C17H26N4O/c1-13(11-15-12-22-10-8-19-15)18-7-9-21-14(2)20-16-5-3-4-6-17(16)21/h3-6,13,15,18-19H,7-12H2,1-2H3. The molecule has 2 heterocycles. The second-order valence-corrected chi connectivity index (χ2v) is 6.12. The number of benzene rings is 1. The summed E-state index contributed by atoms with van der Waals surface area (Å²) in [7, 11) is 0. The van der Waals surface area contributed by atoms with E-state index in [4.69, 9.17) is 4.74 Å². The van der Waals surface area contributed by atoms with Gasteiger partial charge in [0.1, 0.15) is 5.82 Å². The molecule has 2 unspecified atom stereocenters. The van der Waals surface area contributed by atoms with Crippen LogP contribution in [0.25, 0.3) is 11.0 Å². The van der Waals surface area contributed by atoms with Crippen LogP contribution >= 0.6 is 0 Å². The third kappa shape index (κ3) is 3.66. The summed E-state index contributed by atoms with van der Waals surface area (Å²) in [5.41, 5.74) is 2.30. The van der Waals surface area contributed by atoms with Crippen molar-refractivity contribution in [2.75, 3.05) is 26.3 Å². The van der Waals surface area contributed by atoms with Gasteiger partial charge in [-0.05, 0) is 32.4 Å². The lowest BCUT2D eigenvalue weighted by molar-refractivity contribution is 0.0712. The number of hydrogen-bond donors (Lipinski definition) is 2. The quantitative estimate of drug-likeness (QED) is 0.853. The van der Waals surface area contributed by atoms with Crippen molar-refractivity contribution in [1.82, 2.24) is 20.2 Å². The maximum absolute atomic E-state index is 5.51. The molecule has 1 aliphatic heterocycles. The predicted octanol–water partition coefficient (Wildman–Crippen LogP) is 1.70. The summed E-state index contributed by atoms with van der Waals surface area (Å²) >= 11 is 0. The second-order valence-electron chi connectivity index (χ2n) is 6.12. The molecular formula is C17H26N4O. The first-order valence-corrected chi connectivity index (χ1v) is 8.20. The van der Waals surface area contributed by atoms with Gasteiger partial charge in [-0.1, -0.05) is 12.1 Å². The molecule has 1 aliphatic rings. The Morgan fingerprint density at radius 1 is 1.45 bits per heavy atom. The molecule has 0 aliphatic carbocycles. The first kappa shape index (κ1) is 15.5. The van der Waals surface area contributed by atoms with E-state index in [9.17, 15) is 0 Å².